The van der Waals surface area contributed by atoms with Crippen LogP contribution in [0.25, 0.3) is 11.1 Å². The fraction of sp³-hybridized carbons (Fsp3) is 0.333. The summed E-state index contributed by atoms with van der Waals surface area (Å²) in [5, 5.41) is 3.43. The SMILES string of the molecule is CCC(C)C(NC)c1ccc(-c2ccccc2)cc1. The van der Waals surface area contributed by atoms with Crippen LogP contribution in [0.1, 0.15) is 31.9 Å². The van der Waals surface area contributed by atoms with Gasteiger partial charge in [0, 0.05) is 6.04 Å². The zero-order valence-corrected chi connectivity index (χ0v) is 12.1. The van der Waals surface area contributed by atoms with E-state index < -0.39 is 0 Å². The molecule has 0 aliphatic rings. The number of hydrogen-bond acceptors (Lipinski definition) is 1. The molecule has 0 saturated heterocycles. The van der Waals surface area contributed by atoms with Crippen LogP contribution in [0.3, 0.4) is 0 Å². The molecule has 2 unspecified atom stereocenters. The van der Waals surface area contributed by atoms with E-state index in [1.54, 1.807) is 0 Å². The zero-order valence-electron chi connectivity index (χ0n) is 12.1. The van der Waals surface area contributed by atoms with E-state index in [4.69, 9.17) is 0 Å². The van der Waals surface area contributed by atoms with Crippen LogP contribution in [0.5, 0.6) is 0 Å². The highest BCUT2D eigenvalue weighted by Gasteiger charge is 2.15. The van der Waals surface area contributed by atoms with Crippen molar-refractivity contribution < 1.29 is 0 Å². The lowest BCUT2D eigenvalue weighted by atomic mass is 9.91. The first-order valence-corrected chi connectivity index (χ1v) is 7.09. The molecule has 100 valence electrons. The van der Waals surface area contributed by atoms with Crippen molar-refractivity contribution in [3.8, 4) is 11.1 Å². The molecule has 0 bridgehead atoms. The Morgan fingerprint density at radius 3 is 2.00 bits per heavy atom. The summed E-state index contributed by atoms with van der Waals surface area (Å²) in [7, 11) is 2.04. The van der Waals surface area contributed by atoms with Crippen LogP contribution >= 0.6 is 0 Å². The Kier molecular flexibility index (Phi) is 4.75. The van der Waals surface area contributed by atoms with Crippen molar-refractivity contribution in [1.29, 1.82) is 0 Å². The monoisotopic (exact) mass is 253 g/mol. The number of nitrogens with one attached hydrogen (secondary N) is 1. The lowest BCUT2D eigenvalue weighted by Gasteiger charge is -2.23. The molecule has 0 heterocycles. The lowest BCUT2D eigenvalue weighted by molar-refractivity contribution is 0.400. The molecule has 0 amide bonds. The van der Waals surface area contributed by atoms with Gasteiger partial charge in [-0.15, -0.1) is 0 Å². The molecule has 0 saturated carbocycles. The van der Waals surface area contributed by atoms with Gasteiger partial charge in [0.25, 0.3) is 0 Å². The molecular formula is C18H23N. The molecular weight excluding hydrogens is 230 g/mol. The first-order valence-electron chi connectivity index (χ1n) is 7.09. The molecule has 0 radical (unpaired) electrons. The van der Waals surface area contributed by atoms with Gasteiger partial charge < -0.3 is 5.32 Å². The van der Waals surface area contributed by atoms with Crippen LogP contribution in [0.2, 0.25) is 0 Å². The molecule has 2 aromatic rings. The highest BCUT2D eigenvalue weighted by molar-refractivity contribution is 5.63. The summed E-state index contributed by atoms with van der Waals surface area (Å²) in [6.45, 7) is 4.54. The van der Waals surface area contributed by atoms with Gasteiger partial charge in [-0.2, -0.15) is 0 Å². The molecule has 0 aliphatic carbocycles. The Morgan fingerprint density at radius 1 is 0.895 bits per heavy atom. The van der Waals surface area contributed by atoms with Gasteiger partial charge in [0.15, 0.2) is 0 Å². The predicted octanol–water partition coefficient (Wildman–Crippen LogP) is 4.66. The number of hydrogen-bond donors (Lipinski definition) is 1. The average Bonchev–Trinajstić information content (AvgIpc) is 2.49. The lowest BCUT2D eigenvalue weighted by Crippen LogP contribution is -2.22. The molecule has 2 rings (SSSR count). The normalized spacial score (nSPS) is 14.1. The van der Waals surface area contributed by atoms with E-state index in [1.807, 2.05) is 7.05 Å². The minimum atomic E-state index is 0.440. The van der Waals surface area contributed by atoms with Crippen LogP contribution in [0, 0.1) is 5.92 Å². The second-order valence-electron chi connectivity index (χ2n) is 5.14. The van der Waals surface area contributed by atoms with E-state index in [2.05, 4.69) is 73.8 Å². The molecule has 0 fully saturated rings. The summed E-state index contributed by atoms with van der Waals surface area (Å²) in [6.07, 6.45) is 1.19. The highest BCUT2D eigenvalue weighted by atomic mass is 14.9. The molecule has 0 aromatic heterocycles. The summed E-state index contributed by atoms with van der Waals surface area (Å²) in [4.78, 5) is 0. The van der Waals surface area contributed by atoms with Gasteiger partial charge in [0.05, 0.1) is 0 Å². The van der Waals surface area contributed by atoms with Gasteiger partial charge in [-0.1, -0.05) is 74.9 Å². The fourth-order valence-electron chi connectivity index (χ4n) is 2.53. The quantitative estimate of drug-likeness (QED) is 0.817. The summed E-state index contributed by atoms with van der Waals surface area (Å²) in [5.41, 5.74) is 3.93. The van der Waals surface area contributed by atoms with Crippen molar-refractivity contribution in [2.75, 3.05) is 7.05 Å². The molecule has 0 aliphatic heterocycles. The molecule has 19 heavy (non-hydrogen) atoms. The Bertz CT molecular complexity index is 487. The van der Waals surface area contributed by atoms with Crippen molar-refractivity contribution in [2.24, 2.45) is 5.92 Å². The van der Waals surface area contributed by atoms with Gasteiger partial charge in [0.1, 0.15) is 0 Å². The summed E-state index contributed by atoms with van der Waals surface area (Å²) < 4.78 is 0. The van der Waals surface area contributed by atoms with Crippen LogP contribution in [-0.2, 0) is 0 Å². The van der Waals surface area contributed by atoms with Crippen LogP contribution in [0.4, 0.5) is 0 Å². The first-order chi connectivity index (χ1) is 9.26. The van der Waals surface area contributed by atoms with Gasteiger partial charge in [0.2, 0.25) is 0 Å². The van der Waals surface area contributed by atoms with E-state index >= 15 is 0 Å². The predicted molar refractivity (Wildman–Crippen MR) is 83.1 cm³/mol. The fourth-order valence-corrected chi connectivity index (χ4v) is 2.53. The smallest absolute Gasteiger partial charge is 0.0343 e. The van der Waals surface area contributed by atoms with Crippen LogP contribution in [-0.4, -0.2) is 7.05 Å². The average molecular weight is 253 g/mol. The van der Waals surface area contributed by atoms with Crippen LogP contribution in [0.15, 0.2) is 54.6 Å². The van der Waals surface area contributed by atoms with Gasteiger partial charge in [-0.05, 0) is 29.7 Å². The van der Waals surface area contributed by atoms with Gasteiger partial charge in [-0.3, -0.25) is 0 Å². The molecule has 1 heteroatoms. The Morgan fingerprint density at radius 2 is 1.47 bits per heavy atom. The van der Waals surface area contributed by atoms with Crippen molar-refractivity contribution in [1.82, 2.24) is 5.32 Å². The zero-order chi connectivity index (χ0) is 13.7. The third-order valence-electron chi connectivity index (χ3n) is 3.90. The Labute approximate surface area is 116 Å². The minimum Gasteiger partial charge on any atom is -0.313 e. The molecule has 1 nitrogen and oxygen atoms in total. The summed E-state index contributed by atoms with van der Waals surface area (Å²) in [5.74, 6) is 0.646. The van der Waals surface area contributed by atoms with E-state index in [1.165, 1.54) is 23.1 Å². The highest BCUT2D eigenvalue weighted by Crippen LogP contribution is 2.26. The second kappa shape index (κ2) is 6.53. The number of benzene rings is 2. The Balaban J connectivity index is 2.23. The molecule has 2 atom stereocenters. The minimum absolute atomic E-state index is 0.440. The maximum Gasteiger partial charge on any atom is 0.0343 e. The van der Waals surface area contributed by atoms with E-state index in [0.29, 0.717) is 12.0 Å². The van der Waals surface area contributed by atoms with Crippen molar-refractivity contribution >= 4 is 0 Å². The van der Waals surface area contributed by atoms with Gasteiger partial charge in [-0.25, -0.2) is 0 Å². The third-order valence-corrected chi connectivity index (χ3v) is 3.90. The standard InChI is InChI=1S/C18H23N/c1-4-14(2)18(19-3)17-12-10-16(11-13-17)15-8-6-5-7-9-15/h5-14,18-19H,4H2,1-3H3. The largest absolute Gasteiger partial charge is 0.313 e. The van der Waals surface area contributed by atoms with E-state index in [9.17, 15) is 0 Å². The van der Waals surface area contributed by atoms with E-state index in [0.717, 1.165) is 0 Å². The molecule has 0 spiro atoms. The maximum atomic E-state index is 3.43. The summed E-state index contributed by atoms with van der Waals surface area (Å²) >= 11 is 0. The Hall–Kier alpha value is -1.60. The first kappa shape index (κ1) is 13.8. The van der Waals surface area contributed by atoms with Crippen molar-refractivity contribution in [2.45, 2.75) is 26.3 Å². The number of rotatable bonds is 5. The maximum absolute atomic E-state index is 3.43. The van der Waals surface area contributed by atoms with Gasteiger partial charge >= 0.3 is 0 Å². The molecule has 1 N–H and O–H groups in total. The third kappa shape index (κ3) is 3.24. The van der Waals surface area contributed by atoms with E-state index in [-0.39, 0.29) is 0 Å². The summed E-state index contributed by atoms with van der Waals surface area (Å²) in [6, 6.07) is 19.9. The topological polar surface area (TPSA) is 12.0 Å². The van der Waals surface area contributed by atoms with Crippen molar-refractivity contribution in [3.05, 3.63) is 60.2 Å². The second-order valence-corrected chi connectivity index (χ2v) is 5.14. The van der Waals surface area contributed by atoms with Crippen molar-refractivity contribution in [3.63, 3.8) is 0 Å². The molecule has 2 aromatic carbocycles. The van der Waals surface area contributed by atoms with Crippen LogP contribution < -0.4 is 5.32 Å².